The summed E-state index contributed by atoms with van der Waals surface area (Å²) in [5.74, 6) is 1.54. The molecule has 0 radical (unpaired) electrons. The lowest BCUT2D eigenvalue weighted by molar-refractivity contribution is -0.161. The van der Waals surface area contributed by atoms with Gasteiger partial charge in [-0.2, -0.15) is 0 Å². The molecule has 9 nitrogen and oxygen atoms in total. The van der Waals surface area contributed by atoms with E-state index in [1.165, 1.54) is 92.0 Å². The number of β-lactam (4-membered cyclic amide) rings is 1. The predicted octanol–water partition coefficient (Wildman–Crippen LogP) is 10.5. The molecule has 3 aromatic rings. The summed E-state index contributed by atoms with van der Waals surface area (Å²) < 4.78 is 4.74. The van der Waals surface area contributed by atoms with Crippen LogP contribution in [-0.2, 0) is 38.1 Å². The Bertz CT molecular complexity index is 2220. The van der Waals surface area contributed by atoms with Gasteiger partial charge in [0.15, 0.2) is 6.61 Å². The molecule has 4 N–H and O–H groups in total. The van der Waals surface area contributed by atoms with Crippen molar-refractivity contribution >= 4 is 29.5 Å². The van der Waals surface area contributed by atoms with Crippen LogP contribution in [0.4, 0.5) is 0 Å². The van der Waals surface area contributed by atoms with Gasteiger partial charge in [0.05, 0.1) is 0 Å². The second-order valence-corrected chi connectivity index (χ2v) is 25.5. The highest BCUT2D eigenvalue weighted by molar-refractivity contribution is 8.01. The number of para-hydroxylation sites is 1. The van der Waals surface area contributed by atoms with E-state index in [2.05, 4.69) is 108 Å². The summed E-state index contributed by atoms with van der Waals surface area (Å²) in [6, 6.07) is 22.3. The van der Waals surface area contributed by atoms with E-state index in [0.29, 0.717) is 39.2 Å². The van der Waals surface area contributed by atoms with Crippen molar-refractivity contribution in [3.63, 3.8) is 0 Å². The smallest absolute Gasteiger partial charge is 0.327 e. The molecule has 9 atom stereocenters. The molecule has 3 aromatic carbocycles. The van der Waals surface area contributed by atoms with Gasteiger partial charge in [0, 0.05) is 30.9 Å². The van der Waals surface area contributed by atoms with Gasteiger partial charge in [-0.3, -0.25) is 9.59 Å². The fraction of sp³-hybridized carbons (Fsp3) is 0.638. The maximum absolute atomic E-state index is 12.2. The fourth-order valence-electron chi connectivity index (χ4n) is 14.4. The van der Waals surface area contributed by atoms with Crippen molar-refractivity contribution in [2.45, 2.75) is 178 Å². The molecular formula is C58H82N4O5S. The lowest BCUT2D eigenvalue weighted by Crippen LogP contribution is -2.70. The number of nitrogens with zero attached hydrogens (tertiary/aromatic N) is 1. The summed E-state index contributed by atoms with van der Waals surface area (Å²) in [5.41, 5.74) is 11.1. The average molecular weight is 947 g/mol. The van der Waals surface area contributed by atoms with Gasteiger partial charge in [-0.05, 0) is 156 Å². The van der Waals surface area contributed by atoms with Crippen LogP contribution in [0.5, 0.6) is 5.75 Å². The lowest BCUT2D eigenvalue weighted by Gasteiger charge is -2.56. The highest BCUT2D eigenvalue weighted by Crippen LogP contribution is 2.59. The number of hydrogen-bond donors (Lipinski definition) is 4. The van der Waals surface area contributed by atoms with Gasteiger partial charge in [0.1, 0.15) is 23.2 Å². The van der Waals surface area contributed by atoms with Crippen LogP contribution in [-0.4, -0.2) is 82.8 Å². The molecule has 9 rings (SSSR count). The number of amides is 2. The van der Waals surface area contributed by atoms with Crippen LogP contribution in [0.25, 0.3) is 0 Å². The summed E-state index contributed by atoms with van der Waals surface area (Å²) in [6.45, 7) is 27.6. The van der Waals surface area contributed by atoms with Crippen LogP contribution in [0.2, 0.25) is 0 Å². The number of carboxylic acids is 1. The Kier molecular flexibility index (Phi) is 14.7. The summed E-state index contributed by atoms with van der Waals surface area (Å²) in [6.07, 6.45) is 13.4. The number of carbonyl (C=O) groups excluding carboxylic acids is 2. The van der Waals surface area contributed by atoms with Gasteiger partial charge in [-0.1, -0.05) is 123 Å². The Morgan fingerprint density at radius 2 is 1.24 bits per heavy atom. The van der Waals surface area contributed by atoms with Crippen molar-refractivity contribution in [3.8, 4) is 5.75 Å². The first-order valence-electron chi connectivity index (χ1n) is 26.1. The van der Waals surface area contributed by atoms with Crippen LogP contribution >= 0.6 is 11.8 Å². The molecule has 6 aliphatic rings. The predicted molar refractivity (Wildman–Crippen MR) is 277 cm³/mol. The zero-order chi connectivity index (χ0) is 48.8. The molecule has 2 amide bonds. The van der Waals surface area contributed by atoms with Gasteiger partial charge in [0.25, 0.3) is 5.91 Å². The normalized spacial score (nSPS) is 32.1. The Labute approximate surface area is 412 Å². The van der Waals surface area contributed by atoms with Gasteiger partial charge in [-0.25, -0.2) is 4.79 Å². The topological polar surface area (TPSA) is 120 Å². The van der Waals surface area contributed by atoms with Crippen LogP contribution in [0.15, 0.2) is 66.7 Å². The minimum Gasteiger partial charge on any atom is -0.484 e. The van der Waals surface area contributed by atoms with E-state index < -0.39 is 28.7 Å². The molecular weight excluding hydrogens is 865 g/mol. The van der Waals surface area contributed by atoms with Gasteiger partial charge in [-0.15, -0.1) is 11.8 Å². The summed E-state index contributed by atoms with van der Waals surface area (Å²) >= 11 is 1.39. The zero-order valence-electron chi connectivity index (χ0n) is 42.9. The zero-order valence-corrected chi connectivity index (χ0v) is 43.8. The van der Waals surface area contributed by atoms with Crippen molar-refractivity contribution < 1.29 is 24.2 Å². The minimum atomic E-state index is -1.03. The summed E-state index contributed by atoms with van der Waals surface area (Å²) in [5, 5.41) is 19.6. The molecule has 2 saturated carbocycles. The Hall–Kier alpha value is -3.86. The van der Waals surface area contributed by atoms with Crippen LogP contribution in [0.1, 0.15) is 166 Å². The van der Waals surface area contributed by atoms with Crippen molar-refractivity contribution in [3.05, 3.63) is 100 Å². The minimum absolute atomic E-state index is 0.197. The third kappa shape index (κ3) is 9.65. The van der Waals surface area contributed by atoms with Gasteiger partial charge >= 0.3 is 5.97 Å². The molecule has 0 bridgehead atoms. The number of aryl methyl sites for hydroxylation is 2. The van der Waals surface area contributed by atoms with Gasteiger partial charge in [0.2, 0.25) is 5.91 Å². The lowest BCUT2D eigenvalue weighted by atomic mass is 9.49. The van der Waals surface area contributed by atoms with E-state index >= 15 is 0 Å². The fourth-order valence-corrected chi connectivity index (χ4v) is 16.0. The third-order valence-electron chi connectivity index (χ3n) is 18.0. The number of hydrogen-bond acceptors (Lipinski definition) is 7. The number of thioether (sulfide) groups is 1. The molecule has 0 aromatic heterocycles. The number of fused-ring (bicyclic) bond motifs is 7. The largest absolute Gasteiger partial charge is 0.484 e. The number of nitrogens with one attached hydrogen (secondary N) is 3. The summed E-state index contributed by atoms with van der Waals surface area (Å²) in [4.78, 5) is 37.0. The first-order valence-corrected chi connectivity index (χ1v) is 27.0. The van der Waals surface area contributed by atoms with E-state index in [-0.39, 0.29) is 17.9 Å². The molecule has 0 spiro atoms. The Morgan fingerprint density at radius 1 is 0.735 bits per heavy atom. The highest BCUT2D eigenvalue weighted by atomic mass is 32.2. The standard InChI is InChI=1S/C42H64N2.C16H18N2O5S/c1-29(2)31-11-15-35-33(25-31)13-17-37-39(5,19-9-21-41(35,37)7)27-43-23-24-44-28-40(6)20-10-22-42(8)36-16-12-32(30(3)4)26-34(36)14-18-38(40)42;1-16(2)12(15(21)22)18-13(20)11(14(18)24-16)17-10(19)8-23-9-6-4-3-5-7-9/h11-12,15-16,25-26,29-30,37-38,43-44H,9-10,13-14,17-24,27-28H2,1-8H3;3-7,11-12,14H,8H2,1-2H3,(H,17,19)(H,21,22)/t37?,38?,39-,40-,41+,42+;/m0./s1. The maximum Gasteiger partial charge on any atom is 0.327 e. The van der Waals surface area contributed by atoms with E-state index in [1.807, 2.05) is 6.07 Å². The third-order valence-corrected chi connectivity index (χ3v) is 19.5. The molecule has 10 heteroatoms. The van der Waals surface area contributed by atoms with Crippen LogP contribution in [0, 0.1) is 22.7 Å². The molecule has 4 fully saturated rings. The molecule has 370 valence electrons. The van der Waals surface area contributed by atoms with E-state index in [0.717, 1.165) is 38.0 Å². The molecule has 2 aliphatic heterocycles. The SMILES string of the molecule is CC(C)c1ccc2c(c1)CCC1[C@](C)(CNCCNC[C@]3(C)CCC[C@]4(C)c5ccc(C(C)C)cc5CCC34)CCC[C@]21C.CC1(C)SC2C(NC(=O)COc3ccccc3)C(=O)N2C1C(=O)O. The molecule has 5 unspecified atom stereocenters. The summed E-state index contributed by atoms with van der Waals surface area (Å²) in [7, 11) is 0. The van der Waals surface area contributed by atoms with Crippen molar-refractivity contribution in [1.82, 2.24) is 20.9 Å². The van der Waals surface area contributed by atoms with Crippen molar-refractivity contribution in [2.24, 2.45) is 22.7 Å². The van der Waals surface area contributed by atoms with Crippen molar-refractivity contribution in [2.75, 3.05) is 32.8 Å². The monoisotopic (exact) mass is 947 g/mol. The number of ether oxygens (including phenoxy) is 1. The second kappa shape index (κ2) is 19.7. The van der Waals surface area contributed by atoms with Gasteiger partial charge < -0.3 is 30.7 Å². The first kappa shape index (κ1) is 50.5. The molecule has 68 heavy (non-hydrogen) atoms. The molecule has 2 heterocycles. The number of carbonyl (C=O) groups is 3. The number of benzene rings is 3. The Morgan fingerprint density at radius 3 is 1.71 bits per heavy atom. The quantitative estimate of drug-likeness (QED) is 0.0932. The second-order valence-electron chi connectivity index (χ2n) is 23.8. The van der Waals surface area contributed by atoms with E-state index in [9.17, 15) is 19.5 Å². The first-order chi connectivity index (χ1) is 32.2. The number of carboxylic acid groups (broad SMARTS) is 1. The molecule has 2 saturated heterocycles. The van der Waals surface area contributed by atoms with Crippen LogP contribution < -0.4 is 20.7 Å². The maximum atomic E-state index is 12.2. The van der Waals surface area contributed by atoms with Crippen LogP contribution in [0.3, 0.4) is 0 Å². The van der Waals surface area contributed by atoms with E-state index in [4.69, 9.17) is 4.74 Å². The number of aliphatic carboxylic acids is 1. The number of rotatable bonds is 14. The average Bonchev–Trinajstić information content (AvgIpc) is 3.56. The van der Waals surface area contributed by atoms with E-state index in [1.54, 1.807) is 60.4 Å². The van der Waals surface area contributed by atoms with Crippen molar-refractivity contribution in [1.29, 1.82) is 0 Å². The molecule has 4 aliphatic carbocycles. The highest BCUT2D eigenvalue weighted by Gasteiger charge is 2.64. The Balaban J connectivity index is 0.000000219.